The summed E-state index contributed by atoms with van der Waals surface area (Å²) >= 11 is 0. The van der Waals surface area contributed by atoms with Crippen LogP contribution in [0.5, 0.6) is 0 Å². The lowest BCUT2D eigenvalue weighted by Crippen LogP contribution is -2.30. The van der Waals surface area contributed by atoms with Crippen molar-refractivity contribution in [3.05, 3.63) is 60.8 Å². The summed E-state index contributed by atoms with van der Waals surface area (Å²) in [4.78, 5) is 38.4. The van der Waals surface area contributed by atoms with Crippen molar-refractivity contribution in [2.75, 3.05) is 13.2 Å². The summed E-state index contributed by atoms with van der Waals surface area (Å²) in [5.74, 6) is -0.864. The first-order chi connectivity index (χ1) is 40.0. The number of unbranched alkanes of at least 4 members (excludes halogenated alkanes) is 45. The van der Waals surface area contributed by atoms with Crippen molar-refractivity contribution in [2.45, 2.75) is 386 Å². The second kappa shape index (κ2) is 69.6. The first-order valence-corrected chi connectivity index (χ1v) is 35.8. The molecule has 6 nitrogen and oxygen atoms in total. The molecule has 1 unspecified atom stereocenters. The van der Waals surface area contributed by atoms with Gasteiger partial charge in [0.15, 0.2) is 6.10 Å². The van der Waals surface area contributed by atoms with Crippen molar-refractivity contribution in [3.8, 4) is 0 Å². The maximum absolute atomic E-state index is 12.9. The molecular formula is C75H136O6. The highest BCUT2D eigenvalue weighted by Gasteiger charge is 2.19. The van der Waals surface area contributed by atoms with Crippen molar-refractivity contribution >= 4 is 17.9 Å². The fourth-order valence-electron chi connectivity index (χ4n) is 10.6. The molecule has 0 aliphatic carbocycles. The van der Waals surface area contributed by atoms with Crippen molar-refractivity contribution in [2.24, 2.45) is 0 Å². The molecule has 0 saturated heterocycles. The van der Waals surface area contributed by atoms with Crippen LogP contribution in [0.2, 0.25) is 0 Å². The summed E-state index contributed by atoms with van der Waals surface area (Å²) in [7, 11) is 0. The lowest BCUT2D eigenvalue weighted by Gasteiger charge is -2.18. The maximum Gasteiger partial charge on any atom is 0.306 e. The van der Waals surface area contributed by atoms with E-state index in [4.69, 9.17) is 14.2 Å². The van der Waals surface area contributed by atoms with Crippen LogP contribution in [-0.2, 0) is 28.6 Å². The van der Waals surface area contributed by atoms with Crippen LogP contribution in [0.25, 0.3) is 0 Å². The number of rotatable bonds is 66. The molecule has 0 aliphatic rings. The molecule has 81 heavy (non-hydrogen) atoms. The highest BCUT2D eigenvalue weighted by atomic mass is 16.6. The Morgan fingerprint density at radius 3 is 0.716 bits per heavy atom. The minimum Gasteiger partial charge on any atom is -0.462 e. The molecule has 0 heterocycles. The minimum atomic E-state index is -0.779. The fourth-order valence-corrected chi connectivity index (χ4v) is 10.6. The van der Waals surface area contributed by atoms with Gasteiger partial charge in [0.25, 0.3) is 0 Å². The van der Waals surface area contributed by atoms with Crippen LogP contribution in [0.4, 0.5) is 0 Å². The molecule has 0 spiro atoms. The van der Waals surface area contributed by atoms with E-state index in [1.54, 1.807) is 0 Å². The largest absolute Gasteiger partial charge is 0.462 e. The van der Waals surface area contributed by atoms with Crippen molar-refractivity contribution in [1.82, 2.24) is 0 Å². The van der Waals surface area contributed by atoms with Crippen molar-refractivity contribution in [1.29, 1.82) is 0 Å². The first kappa shape index (κ1) is 78.1. The predicted octanol–water partition coefficient (Wildman–Crippen LogP) is 24.7. The topological polar surface area (TPSA) is 78.9 Å². The Bertz CT molecular complexity index is 1440. The van der Waals surface area contributed by atoms with Gasteiger partial charge in [-0.15, -0.1) is 0 Å². The fraction of sp³-hybridized carbons (Fsp3) is 0.827. The number of esters is 3. The van der Waals surface area contributed by atoms with Crippen LogP contribution in [-0.4, -0.2) is 37.2 Å². The van der Waals surface area contributed by atoms with Gasteiger partial charge in [-0.1, -0.05) is 332 Å². The number of allylic oxidation sites excluding steroid dienone is 10. The van der Waals surface area contributed by atoms with Gasteiger partial charge in [0.2, 0.25) is 0 Å². The predicted molar refractivity (Wildman–Crippen MR) is 353 cm³/mol. The van der Waals surface area contributed by atoms with E-state index in [1.165, 1.54) is 244 Å². The van der Waals surface area contributed by atoms with E-state index in [1.807, 2.05) is 0 Å². The van der Waals surface area contributed by atoms with E-state index < -0.39 is 6.10 Å². The van der Waals surface area contributed by atoms with E-state index in [-0.39, 0.29) is 31.1 Å². The van der Waals surface area contributed by atoms with E-state index in [2.05, 4.69) is 81.5 Å². The zero-order chi connectivity index (χ0) is 58.5. The van der Waals surface area contributed by atoms with Crippen LogP contribution >= 0.6 is 0 Å². The summed E-state index contributed by atoms with van der Waals surface area (Å²) < 4.78 is 17.0. The molecule has 0 amide bonds. The maximum atomic E-state index is 12.9. The molecule has 0 rings (SSSR count). The van der Waals surface area contributed by atoms with Crippen molar-refractivity contribution in [3.63, 3.8) is 0 Å². The molecule has 0 aliphatic heterocycles. The monoisotopic (exact) mass is 1130 g/mol. The van der Waals surface area contributed by atoms with Crippen molar-refractivity contribution < 1.29 is 28.6 Å². The number of carbonyl (C=O) groups is 3. The average molecular weight is 1130 g/mol. The lowest BCUT2D eigenvalue weighted by atomic mass is 10.0. The van der Waals surface area contributed by atoms with Gasteiger partial charge in [-0.05, 0) is 89.9 Å². The zero-order valence-corrected chi connectivity index (χ0v) is 54.3. The third-order valence-corrected chi connectivity index (χ3v) is 16.0. The van der Waals surface area contributed by atoms with E-state index >= 15 is 0 Å². The molecule has 0 radical (unpaired) electrons. The zero-order valence-electron chi connectivity index (χ0n) is 54.3. The highest BCUT2D eigenvalue weighted by molar-refractivity contribution is 5.71. The van der Waals surface area contributed by atoms with Crippen LogP contribution in [0.15, 0.2) is 60.8 Å². The molecule has 0 fully saturated rings. The van der Waals surface area contributed by atoms with E-state index in [0.717, 1.165) is 96.3 Å². The van der Waals surface area contributed by atoms with Gasteiger partial charge in [-0.3, -0.25) is 14.4 Å². The second-order valence-corrected chi connectivity index (χ2v) is 24.1. The summed E-state index contributed by atoms with van der Waals surface area (Å²) in [6.45, 7) is 6.65. The Hall–Kier alpha value is -2.89. The molecule has 0 aromatic rings. The Morgan fingerprint density at radius 1 is 0.247 bits per heavy atom. The number of carbonyl (C=O) groups excluding carboxylic acids is 3. The molecule has 472 valence electrons. The van der Waals surface area contributed by atoms with Crippen LogP contribution < -0.4 is 0 Å². The summed E-state index contributed by atoms with van der Waals surface area (Å²) in [6.07, 6.45) is 89.7. The molecule has 0 saturated carbocycles. The standard InChI is InChI=1S/C75H136O6/c1-4-7-10-13-16-19-22-25-28-29-30-31-32-33-34-35-36-37-38-39-40-41-42-43-44-45-48-50-53-56-59-62-65-68-74(77)80-71-72(81-75(78)69-66-63-60-57-54-51-47-27-24-21-18-15-12-9-6-3)70-79-73(76)67-64-61-58-55-52-49-46-26-23-20-17-14-11-8-5-2/h18,21-22,25,27,29-30,32-33,47,72H,4-17,19-20,23-24,26,28,31,34-46,48-71H2,1-3H3/b21-18-,25-22-,30-29-,33-32-,47-27-. The third-order valence-electron chi connectivity index (χ3n) is 16.0. The second-order valence-electron chi connectivity index (χ2n) is 24.1. The molecule has 0 bridgehead atoms. The highest BCUT2D eigenvalue weighted by Crippen LogP contribution is 2.18. The summed E-state index contributed by atoms with van der Waals surface area (Å²) in [5, 5.41) is 0. The van der Waals surface area contributed by atoms with Gasteiger partial charge in [0.1, 0.15) is 13.2 Å². The van der Waals surface area contributed by atoms with Crippen LogP contribution in [0.3, 0.4) is 0 Å². The molecule has 6 heteroatoms. The SMILES string of the molecule is CCCCC/C=C\C/C=C\CCCCCCCC(=O)OC(COC(=O)CCCCCCCCCCCCCCCCC)COC(=O)CCCCCCCCCCCCCCCCCCCC/C=C\C/C=C\C/C=C\CCCCCCC. The van der Waals surface area contributed by atoms with Gasteiger partial charge in [-0.2, -0.15) is 0 Å². The van der Waals surface area contributed by atoms with Crippen LogP contribution in [0, 0.1) is 0 Å². The van der Waals surface area contributed by atoms with Gasteiger partial charge >= 0.3 is 17.9 Å². The molecule has 0 aromatic carbocycles. The molecular weight excluding hydrogens is 997 g/mol. The van der Waals surface area contributed by atoms with Gasteiger partial charge in [0.05, 0.1) is 0 Å². The lowest BCUT2D eigenvalue weighted by molar-refractivity contribution is -0.167. The first-order valence-electron chi connectivity index (χ1n) is 35.8. The smallest absolute Gasteiger partial charge is 0.306 e. The van der Waals surface area contributed by atoms with Gasteiger partial charge in [0, 0.05) is 19.3 Å². The molecule has 1 atom stereocenters. The van der Waals surface area contributed by atoms with E-state index in [0.29, 0.717) is 19.3 Å². The quantitative estimate of drug-likeness (QED) is 0.0261. The average Bonchev–Trinajstić information content (AvgIpc) is 3.47. The molecule has 0 aromatic heterocycles. The Morgan fingerprint density at radius 2 is 0.444 bits per heavy atom. The summed E-state index contributed by atoms with van der Waals surface area (Å²) in [6, 6.07) is 0. The number of hydrogen-bond acceptors (Lipinski definition) is 6. The van der Waals surface area contributed by atoms with Gasteiger partial charge < -0.3 is 14.2 Å². The van der Waals surface area contributed by atoms with E-state index in [9.17, 15) is 14.4 Å². The number of hydrogen-bond donors (Lipinski definition) is 0. The molecule has 0 N–H and O–H groups in total. The normalized spacial score (nSPS) is 12.4. The Labute approximate surface area is 504 Å². The van der Waals surface area contributed by atoms with Crippen LogP contribution in [0.1, 0.15) is 380 Å². The number of ether oxygens (including phenoxy) is 3. The summed E-state index contributed by atoms with van der Waals surface area (Å²) in [5.41, 5.74) is 0. The minimum absolute atomic E-state index is 0.0745. The van der Waals surface area contributed by atoms with Gasteiger partial charge in [-0.25, -0.2) is 0 Å². The third kappa shape index (κ3) is 67.8. The Balaban J connectivity index is 4.15. The Kier molecular flexibility index (Phi) is 67.1.